The molecule has 1 aromatic carbocycles. The van der Waals surface area contributed by atoms with Gasteiger partial charge in [0.15, 0.2) is 0 Å². The monoisotopic (exact) mass is 343 g/mol. The Hall–Kier alpha value is -1.43. The van der Waals surface area contributed by atoms with Crippen molar-refractivity contribution in [2.24, 2.45) is 0 Å². The van der Waals surface area contributed by atoms with Gasteiger partial charge in [0, 0.05) is 24.4 Å². The molecule has 0 radical (unpaired) electrons. The zero-order valence-electron chi connectivity index (χ0n) is 11.5. The zero-order valence-corrected chi connectivity index (χ0v) is 13.1. The summed E-state index contributed by atoms with van der Waals surface area (Å²) >= 11 is 2.95. The second kappa shape index (κ2) is 5.52. The lowest BCUT2D eigenvalue weighted by atomic mass is 10.1. The van der Waals surface area contributed by atoms with E-state index < -0.39 is 11.6 Å². The highest BCUT2D eigenvalue weighted by atomic mass is 79.9. The first-order valence-corrected chi connectivity index (χ1v) is 6.99. The van der Waals surface area contributed by atoms with E-state index in [4.69, 9.17) is 0 Å². The van der Waals surface area contributed by atoms with Gasteiger partial charge in [-0.2, -0.15) is 5.10 Å². The molecule has 1 aromatic heterocycles. The van der Waals surface area contributed by atoms with E-state index in [1.807, 2.05) is 31.6 Å². The van der Waals surface area contributed by atoms with Crippen LogP contribution in [0.3, 0.4) is 0 Å². The Kier molecular flexibility index (Phi) is 4.13. The molecular formula is C14H16BrF2N3. The molecule has 1 N–H and O–H groups in total. The van der Waals surface area contributed by atoms with Crippen LogP contribution in [-0.2, 0) is 12.1 Å². The van der Waals surface area contributed by atoms with Crippen LogP contribution in [0.2, 0.25) is 0 Å². The molecule has 3 nitrogen and oxygen atoms in total. The molecule has 6 heteroatoms. The molecular weight excluding hydrogens is 328 g/mol. The van der Waals surface area contributed by atoms with E-state index in [9.17, 15) is 8.78 Å². The Morgan fingerprint density at radius 2 is 1.95 bits per heavy atom. The summed E-state index contributed by atoms with van der Waals surface area (Å²) in [4.78, 5) is 0. The van der Waals surface area contributed by atoms with Gasteiger partial charge in [-0.15, -0.1) is 0 Å². The van der Waals surface area contributed by atoms with Crippen LogP contribution < -0.4 is 5.32 Å². The van der Waals surface area contributed by atoms with Crippen molar-refractivity contribution >= 4 is 21.6 Å². The van der Waals surface area contributed by atoms with E-state index in [-0.39, 0.29) is 15.7 Å². The van der Waals surface area contributed by atoms with Crippen LogP contribution in [0, 0.1) is 11.6 Å². The minimum Gasteiger partial charge on any atom is -0.378 e. The lowest BCUT2D eigenvalue weighted by Gasteiger charge is -2.18. The Morgan fingerprint density at radius 1 is 1.25 bits per heavy atom. The molecule has 0 aliphatic heterocycles. The predicted molar refractivity (Wildman–Crippen MR) is 78.6 cm³/mol. The average molecular weight is 344 g/mol. The summed E-state index contributed by atoms with van der Waals surface area (Å²) in [5.41, 5.74) is 0.935. The number of rotatable bonds is 3. The third-order valence-corrected chi connectivity index (χ3v) is 3.42. The average Bonchev–Trinajstić information content (AvgIpc) is 2.80. The highest BCUT2D eigenvalue weighted by Crippen LogP contribution is 2.24. The van der Waals surface area contributed by atoms with Crippen LogP contribution in [0.25, 0.3) is 0 Å². The van der Waals surface area contributed by atoms with Gasteiger partial charge in [0.2, 0.25) is 0 Å². The molecule has 0 aliphatic carbocycles. The van der Waals surface area contributed by atoms with Gasteiger partial charge in [0.25, 0.3) is 0 Å². The van der Waals surface area contributed by atoms with Crippen LogP contribution in [0.1, 0.15) is 26.3 Å². The normalized spacial score (nSPS) is 11.7. The summed E-state index contributed by atoms with van der Waals surface area (Å²) in [5.74, 6) is -0.999. The molecule has 0 saturated heterocycles. The molecule has 20 heavy (non-hydrogen) atoms. The van der Waals surface area contributed by atoms with Crippen LogP contribution in [0.5, 0.6) is 0 Å². The maximum Gasteiger partial charge on any atom is 0.147 e. The minimum absolute atomic E-state index is 0.104. The van der Waals surface area contributed by atoms with E-state index in [1.165, 1.54) is 0 Å². The summed E-state index contributed by atoms with van der Waals surface area (Å²) < 4.78 is 29.0. The first kappa shape index (κ1) is 15.0. The van der Waals surface area contributed by atoms with Gasteiger partial charge in [-0.3, -0.25) is 4.68 Å². The fourth-order valence-corrected chi connectivity index (χ4v) is 1.99. The molecule has 2 aromatic rings. The maximum absolute atomic E-state index is 13.6. The third kappa shape index (κ3) is 3.36. The van der Waals surface area contributed by atoms with Gasteiger partial charge in [0.1, 0.15) is 11.6 Å². The van der Waals surface area contributed by atoms with Gasteiger partial charge < -0.3 is 5.32 Å². The number of hydrogen-bond donors (Lipinski definition) is 1. The van der Waals surface area contributed by atoms with Crippen molar-refractivity contribution in [3.8, 4) is 0 Å². The van der Waals surface area contributed by atoms with Crippen molar-refractivity contribution in [1.82, 2.24) is 9.78 Å². The van der Waals surface area contributed by atoms with Crippen LogP contribution in [-0.4, -0.2) is 9.78 Å². The van der Waals surface area contributed by atoms with E-state index in [1.54, 1.807) is 6.20 Å². The lowest BCUT2D eigenvalue weighted by molar-refractivity contribution is 0.355. The quantitative estimate of drug-likeness (QED) is 0.842. The molecule has 0 aliphatic rings. The summed E-state index contributed by atoms with van der Waals surface area (Å²) in [6.07, 6.45) is 3.60. The Balaban J connectivity index is 2.09. The van der Waals surface area contributed by atoms with Gasteiger partial charge in [0.05, 0.1) is 21.9 Å². The second-order valence-corrected chi connectivity index (χ2v) is 6.42. The molecule has 0 unspecified atom stereocenters. The van der Waals surface area contributed by atoms with Crippen molar-refractivity contribution in [3.05, 3.63) is 46.2 Å². The molecule has 0 saturated carbocycles. The number of anilines is 1. The van der Waals surface area contributed by atoms with Gasteiger partial charge in [-0.1, -0.05) is 0 Å². The van der Waals surface area contributed by atoms with E-state index in [0.29, 0.717) is 6.54 Å². The first-order chi connectivity index (χ1) is 9.27. The fourth-order valence-electron chi connectivity index (χ4n) is 1.67. The number of nitrogens with one attached hydrogen (secondary N) is 1. The van der Waals surface area contributed by atoms with Crippen molar-refractivity contribution < 1.29 is 8.78 Å². The molecule has 0 bridgehead atoms. The summed E-state index contributed by atoms with van der Waals surface area (Å²) in [6.45, 7) is 6.51. The SMILES string of the molecule is CC(C)(C)n1cc(CNc2cc(F)c(Br)cc2F)cn1. The largest absolute Gasteiger partial charge is 0.378 e. The summed E-state index contributed by atoms with van der Waals surface area (Å²) in [7, 11) is 0. The van der Waals surface area contributed by atoms with E-state index in [0.717, 1.165) is 17.7 Å². The standard InChI is InChI=1S/C14H16BrF2N3/c1-14(2,3)20-8-9(7-19-20)6-18-13-5-11(16)10(15)4-12(13)17/h4-5,7-8,18H,6H2,1-3H3. The van der Waals surface area contributed by atoms with Gasteiger partial charge >= 0.3 is 0 Å². The maximum atomic E-state index is 13.6. The van der Waals surface area contributed by atoms with Crippen molar-refractivity contribution in [2.75, 3.05) is 5.32 Å². The Labute approximate surface area is 125 Å². The molecule has 108 valence electrons. The Morgan fingerprint density at radius 3 is 2.55 bits per heavy atom. The highest BCUT2D eigenvalue weighted by molar-refractivity contribution is 9.10. The summed E-state index contributed by atoms with van der Waals surface area (Å²) in [6, 6.07) is 2.24. The molecule has 2 rings (SSSR count). The van der Waals surface area contributed by atoms with Crippen molar-refractivity contribution in [3.63, 3.8) is 0 Å². The predicted octanol–water partition coefficient (Wildman–Crippen LogP) is 4.29. The lowest BCUT2D eigenvalue weighted by Crippen LogP contribution is -2.22. The van der Waals surface area contributed by atoms with Gasteiger partial charge in [-0.05, 0) is 42.8 Å². The van der Waals surface area contributed by atoms with E-state index in [2.05, 4.69) is 26.3 Å². The molecule has 0 spiro atoms. The first-order valence-electron chi connectivity index (χ1n) is 6.20. The fraction of sp³-hybridized carbons (Fsp3) is 0.357. The number of benzene rings is 1. The zero-order chi connectivity index (χ0) is 14.9. The number of nitrogens with zero attached hydrogens (tertiary/aromatic N) is 2. The minimum atomic E-state index is -0.501. The van der Waals surface area contributed by atoms with Crippen LogP contribution in [0.4, 0.5) is 14.5 Å². The van der Waals surface area contributed by atoms with Crippen molar-refractivity contribution in [1.29, 1.82) is 0 Å². The van der Waals surface area contributed by atoms with Crippen LogP contribution in [0.15, 0.2) is 29.0 Å². The molecule has 0 atom stereocenters. The highest BCUT2D eigenvalue weighted by Gasteiger charge is 2.14. The molecule has 0 fully saturated rings. The van der Waals surface area contributed by atoms with Crippen LogP contribution >= 0.6 is 15.9 Å². The smallest absolute Gasteiger partial charge is 0.147 e. The topological polar surface area (TPSA) is 29.9 Å². The van der Waals surface area contributed by atoms with Gasteiger partial charge in [-0.25, -0.2) is 8.78 Å². The Bertz CT molecular complexity index is 617. The number of hydrogen-bond acceptors (Lipinski definition) is 2. The molecule has 0 amide bonds. The summed E-state index contributed by atoms with van der Waals surface area (Å²) in [5, 5.41) is 7.13. The number of halogens is 3. The number of aromatic nitrogens is 2. The third-order valence-electron chi connectivity index (χ3n) is 2.82. The van der Waals surface area contributed by atoms with E-state index >= 15 is 0 Å². The second-order valence-electron chi connectivity index (χ2n) is 5.56. The molecule has 1 heterocycles. The van der Waals surface area contributed by atoms with Crippen molar-refractivity contribution in [2.45, 2.75) is 32.9 Å².